The summed E-state index contributed by atoms with van der Waals surface area (Å²) in [5.74, 6) is -6.74. The predicted molar refractivity (Wildman–Crippen MR) is 56.6 cm³/mol. The predicted octanol–water partition coefficient (Wildman–Crippen LogP) is 2.09. The number of rotatable bonds is 4. The molecule has 0 spiro atoms. The van der Waals surface area contributed by atoms with Crippen molar-refractivity contribution in [1.82, 2.24) is 5.32 Å². The smallest absolute Gasteiger partial charge is 0.383 e. The Hall–Kier alpha value is -0.850. The van der Waals surface area contributed by atoms with E-state index in [1.807, 2.05) is 0 Å². The largest absolute Gasteiger partial charge is 0.388 e. The van der Waals surface area contributed by atoms with Crippen molar-refractivity contribution in [2.45, 2.75) is 56.5 Å². The van der Waals surface area contributed by atoms with Gasteiger partial charge in [-0.1, -0.05) is 25.7 Å². The molecule has 106 valence electrons. The van der Waals surface area contributed by atoms with E-state index in [-0.39, 0.29) is 0 Å². The van der Waals surface area contributed by atoms with Crippen LogP contribution in [0.25, 0.3) is 0 Å². The van der Waals surface area contributed by atoms with Crippen LogP contribution in [0.15, 0.2) is 0 Å². The number of carbonyl (C=O) groups excluding carboxylic acids is 1. The highest BCUT2D eigenvalue weighted by atomic mass is 19.3. The third-order valence-corrected chi connectivity index (χ3v) is 3.19. The highest BCUT2D eigenvalue weighted by Gasteiger charge is 2.49. The highest BCUT2D eigenvalue weighted by molar-refractivity contribution is 5.83. The van der Waals surface area contributed by atoms with Crippen molar-refractivity contribution in [2.75, 3.05) is 6.54 Å². The van der Waals surface area contributed by atoms with Crippen LogP contribution in [0.1, 0.15) is 38.5 Å². The first-order valence-corrected chi connectivity index (χ1v) is 5.95. The van der Waals surface area contributed by atoms with Crippen LogP contribution in [-0.4, -0.2) is 35.5 Å². The van der Waals surface area contributed by atoms with Gasteiger partial charge in [0.1, 0.15) is 0 Å². The third-order valence-electron chi connectivity index (χ3n) is 3.19. The van der Waals surface area contributed by atoms with Gasteiger partial charge in [-0.2, -0.15) is 8.78 Å². The summed E-state index contributed by atoms with van der Waals surface area (Å²) in [6, 6.07) is 0. The molecule has 1 saturated carbocycles. The maximum Gasteiger partial charge on any atom is 0.383 e. The first-order valence-electron chi connectivity index (χ1n) is 5.95. The van der Waals surface area contributed by atoms with E-state index in [0.717, 1.165) is 25.7 Å². The van der Waals surface area contributed by atoms with Gasteiger partial charge in [0.25, 0.3) is 5.91 Å². The van der Waals surface area contributed by atoms with E-state index in [2.05, 4.69) is 0 Å². The van der Waals surface area contributed by atoms with E-state index in [0.29, 0.717) is 12.8 Å². The zero-order valence-electron chi connectivity index (χ0n) is 9.89. The van der Waals surface area contributed by atoms with Gasteiger partial charge in [0.05, 0.1) is 5.60 Å². The molecule has 0 aromatic heterocycles. The van der Waals surface area contributed by atoms with E-state index < -0.39 is 30.4 Å². The van der Waals surface area contributed by atoms with Gasteiger partial charge in [0, 0.05) is 6.54 Å². The highest BCUT2D eigenvalue weighted by Crippen LogP contribution is 2.27. The average molecular weight is 271 g/mol. The molecule has 1 aliphatic carbocycles. The molecular formula is C11H17F4NO2. The Labute approximate surface area is 103 Å². The fraction of sp³-hybridized carbons (Fsp3) is 0.909. The molecule has 7 heteroatoms. The van der Waals surface area contributed by atoms with E-state index in [9.17, 15) is 27.5 Å². The Morgan fingerprint density at radius 2 is 1.72 bits per heavy atom. The van der Waals surface area contributed by atoms with Gasteiger partial charge in [0.2, 0.25) is 0 Å². The monoisotopic (exact) mass is 271 g/mol. The molecule has 0 saturated heterocycles. The first kappa shape index (κ1) is 15.2. The lowest BCUT2D eigenvalue weighted by molar-refractivity contribution is -0.170. The fourth-order valence-corrected chi connectivity index (χ4v) is 2.03. The van der Waals surface area contributed by atoms with Crippen LogP contribution in [0, 0.1) is 0 Å². The molecule has 0 aliphatic heterocycles. The lowest BCUT2D eigenvalue weighted by Gasteiger charge is -2.27. The molecule has 2 N–H and O–H groups in total. The molecule has 0 unspecified atom stereocenters. The van der Waals surface area contributed by atoms with E-state index >= 15 is 0 Å². The minimum absolute atomic E-state index is 0.382. The number of carbonyl (C=O) groups is 1. The second-order valence-electron chi connectivity index (χ2n) is 4.74. The SMILES string of the molecule is O=C(NCC1(O)CCCCCC1)C(F)(F)C(F)F. The van der Waals surface area contributed by atoms with Gasteiger partial charge >= 0.3 is 12.3 Å². The topological polar surface area (TPSA) is 49.3 Å². The number of nitrogens with one attached hydrogen (secondary N) is 1. The second-order valence-corrected chi connectivity index (χ2v) is 4.74. The van der Waals surface area contributed by atoms with Crippen LogP contribution >= 0.6 is 0 Å². The van der Waals surface area contributed by atoms with Crippen LogP contribution in [0.2, 0.25) is 0 Å². The van der Waals surface area contributed by atoms with Gasteiger partial charge in [-0.3, -0.25) is 4.79 Å². The molecule has 0 atom stereocenters. The van der Waals surface area contributed by atoms with Crippen molar-refractivity contribution < 1.29 is 27.5 Å². The summed E-state index contributed by atoms with van der Waals surface area (Å²) in [5.41, 5.74) is -1.26. The van der Waals surface area contributed by atoms with E-state index in [4.69, 9.17) is 0 Å². The summed E-state index contributed by atoms with van der Waals surface area (Å²) in [6.07, 6.45) is 0.0599. The number of aliphatic hydroxyl groups is 1. The van der Waals surface area contributed by atoms with Crippen molar-refractivity contribution in [1.29, 1.82) is 0 Å². The summed E-state index contributed by atoms with van der Waals surface area (Å²) in [6.45, 7) is -0.409. The molecule has 0 aromatic carbocycles. The minimum Gasteiger partial charge on any atom is -0.388 e. The van der Waals surface area contributed by atoms with Crippen molar-refractivity contribution >= 4 is 5.91 Å². The summed E-state index contributed by atoms with van der Waals surface area (Å²) in [5, 5.41) is 11.8. The quantitative estimate of drug-likeness (QED) is 0.607. The minimum atomic E-state index is -4.71. The van der Waals surface area contributed by atoms with Crippen molar-refractivity contribution in [3.05, 3.63) is 0 Å². The summed E-state index contributed by atoms with van der Waals surface area (Å²) >= 11 is 0. The molecule has 0 bridgehead atoms. The zero-order chi connectivity index (χ0) is 13.8. The molecule has 18 heavy (non-hydrogen) atoms. The maximum absolute atomic E-state index is 12.7. The van der Waals surface area contributed by atoms with Gasteiger partial charge in [-0.05, 0) is 12.8 Å². The Kier molecular flexibility index (Phi) is 4.95. The molecule has 1 aliphatic rings. The van der Waals surface area contributed by atoms with Crippen molar-refractivity contribution in [3.8, 4) is 0 Å². The van der Waals surface area contributed by atoms with Crippen LogP contribution < -0.4 is 5.32 Å². The normalized spacial score (nSPS) is 20.6. The Morgan fingerprint density at radius 3 is 2.17 bits per heavy atom. The zero-order valence-corrected chi connectivity index (χ0v) is 9.89. The molecule has 3 nitrogen and oxygen atoms in total. The fourth-order valence-electron chi connectivity index (χ4n) is 2.03. The number of hydrogen-bond acceptors (Lipinski definition) is 2. The molecule has 1 fully saturated rings. The van der Waals surface area contributed by atoms with Crippen LogP contribution in [0.4, 0.5) is 17.6 Å². The molecular weight excluding hydrogens is 254 g/mol. The number of halogens is 4. The van der Waals surface area contributed by atoms with Crippen molar-refractivity contribution in [3.63, 3.8) is 0 Å². The summed E-state index contributed by atoms with van der Waals surface area (Å²) in [7, 11) is 0. The van der Waals surface area contributed by atoms with E-state index in [1.54, 1.807) is 5.32 Å². The molecule has 0 heterocycles. The average Bonchev–Trinajstić information content (AvgIpc) is 2.51. The number of amides is 1. The molecule has 0 aromatic rings. The van der Waals surface area contributed by atoms with Crippen molar-refractivity contribution in [2.24, 2.45) is 0 Å². The summed E-state index contributed by atoms with van der Waals surface area (Å²) < 4.78 is 49.1. The van der Waals surface area contributed by atoms with Gasteiger partial charge in [0.15, 0.2) is 0 Å². The van der Waals surface area contributed by atoms with Crippen LogP contribution in [-0.2, 0) is 4.79 Å². The molecule has 0 radical (unpaired) electrons. The number of hydrogen-bond donors (Lipinski definition) is 2. The lowest BCUT2D eigenvalue weighted by atomic mass is 9.94. The molecule has 1 amide bonds. The Morgan fingerprint density at radius 1 is 1.22 bits per heavy atom. The van der Waals surface area contributed by atoms with Gasteiger partial charge < -0.3 is 10.4 Å². The van der Waals surface area contributed by atoms with Crippen LogP contribution in [0.5, 0.6) is 0 Å². The Bertz CT molecular complexity index is 289. The third kappa shape index (κ3) is 3.83. The standard InChI is InChI=1S/C11H17F4NO2/c12-8(13)11(14,15)9(17)16-7-10(18)5-3-1-2-4-6-10/h8,18H,1-7H2,(H,16,17). The molecule has 1 rings (SSSR count). The van der Waals surface area contributed by atoms with Gasteiger partial charge in [-0.15, -0.1) is 0 Å². The van der Waals surface area contributed by atoms with E-state index in [1.165, 1.54) is 0 Å². The van der Waals surface area contributed by atoms with Gasteiger partial charge in [-0.25, -0.2) is 8.78 Å². The first-order chi connectivity index (χ1) is 8.28. The Balaban J connectivity index is 2.51. The maximum atomic E-state index is 12.7. The number of alkyl halides is 4. The summed E-state index contributed by atoms with van der Waals surface area (Å²) in [4.78, 5) is 10.9. The second kappa shape index (κ2) is 5.86. The van der Waals surface area contributed by atoms with Crippen LogP contribution in [0.3, 0.4) is 0 Å². The lowest BCUT2D eigenvalue weighted by Crippen LogP contribution is -2.50.